The summed E-state index contributed by atoms with van der Waals surface area (Å²) in [5.74, 6) is 0.320. The molecule has 0 spiro atoms. The largest absolute Gasteiger partial charge is 0.487 e. The fourth-order valence-corrected chi connectivity index (χ4v) is 5.84. The number of rotatable bonds is 6. The van der Waals surface area contributed by atoms with Gasteiger partial charge in [0.05, 0.1) is 16.6 Å². The maximum absolute atomic E-state index is 13.6. The number of sulfonamides is 1. The molecule has 0 saturated heterocycles. The molecule has 1 amide bonds. The number of hydrogen-bond acceptors (Lipinski definition) is 4. The fourth-order valence-electron chi connectivity index (χ4n) is 4.31. The van der Waals surface area contributed by atoms with Gasteiger partial charge >= 0.3 is 0 Å². The Labute approximate surface area is 211 Å². The number of nitrogens with zero attached hydrogens (tertiary/aromatic N) is 1. The average Bonchev–Trinajstić information content (AvgIpc) is 2.77. The molecule has 0 fully saturated rings. The lowest BCUT2D eigenvalue weighted by Gasteiger charge is -2.38. The minimum absolute atomic E-state index is 0.0596. The highest BCUT2D eigenvalue weighted by molar-refractivity contribution is 7.92. The Morgan fingerprint density at radius 2 is 1.74 bits per heavy atom. The third kappa shape index (κ3) is 5.63. The molecule has 3 aromatic rings. The Hall–Kier alpha value is -3.03. The van der Waals surface area contributed by atoms with Crippen molar-refractivity contribution in [3.63, 3.8) is 0 Å². The zero-order valence-corrected chi connectivity index (χ0v) is 21.8. The van der Waals surface area contributed by atoms with E-state index in [4.69, 9.17) is 16.3 Å². The first-order chi connectivity index (χ1) is 16.4. The summed E-state index contributed by atoms with van der Waals surface area (Å²) < 4.78 is 34.5. The van der Waals surface area contributed by atoms with Crippen molar-refractivity contribution in [3.8, 4) is 5.75 Å². The van der Waals surface area contributed by atoms with Gasteiger partial charge in [-0.15, -0.1) is 0 Å². The number of fused-ring (bicyclic) bond motifs is 1. The lowest BCUT2D eigenvalue weighted by atomic mass is 9.89. The van der Waals surface area contributed by atoms with Crippen LogP contribution in [-0.4, -0.2) is 26.5 Å². The number of hydrogen-bond donors (Lipinski definition) is 1. The Morgan fingerprint density at radius 1 is 1.06 bits per heavy atom. The van der Waals surface area contributed by atoms with Gasteiger partial charge in [0, 0.05) is 17.0 Å². The molecule has 1 atom stereocenters. The molecule has 1 heterocycles. The Kier molecular flexibility index (Phi) is 6.84. The lowest BCUT2D eigenvalue weighted by molar-refractivity contribution is -0.120. The summed E-state index contributed by atoms with van der Waals surface area (Å²) in [6.45, 7) is 7.43. The van der Waals surface area contributed by atoms with Crippen LogP contribution in [0, 0.1) is 13.8 Å². The normalized spacial score (nSPS) is 16.7. The fraction of sp³-hybridized carbons (Fsp3) is 0.296. The summed E-state index contributed by atoms with van der Waals surface area (Å²) in [6, 6.07) is 18.6. The van der Waals surface area contributed by atoms with Gasteiger partial charge in [-0.2, -0.15) is 0 Å². The van der Waals surface area contributed by atoms with Gasteiger partial charge in [-0.25, -0.2) is 8.42 Å². The zero-order chi connectivity index (χ0) is 25.4. The molecule has 0 radical (unpaired) electrons. The molecule has 4 rings (SSSR count). The Balaban J connectivity index is 1.66. The van der Waals surface area contributed by atoms with Crippen LogP contribution in [0.15, 0.2) is 71.6 Å². The molecule has 1 aliphatic heterocycles. The second-order valence-corrected chi connectivity index (χ2v) is 11.8. The van der Waals surface area contributed by atoms with E-state index in [-0.39, 0.29) is 17.5 Å². The van der Waals surface area contributed by atoms with E-state index in [1.54, 1.807) is 18.2 Å². The summed E-state index contributed by atoms with van der Waals surface area (Å²) in [6.07, 6.45) is 0.559. The van der Waals surface area contributed by atoms with Crippen molar-refractivity contribution in [2.75, 3.05) is 10.8 Å². The highest BCUT2D eigenvalue weighted by atomic mass is 35.5. The third-order valence-corrected chi connectivity index (χ3v) is 7.98. The first-order valence-corrected chi connectivity index (χ1v) is 13.2. The predicted molar refractivity (Wildman–Crippen MR) is 139 cm³/mol. The summed E-state index contributed by atoms with van der Waals surface area (Å²) >= 11 is 5.96. The number of aryl methyl sites for hydroxylation is 2. The van der Waals surface area contributed by atoms with E-state index in [1.165, 1.54) is 24.3 Å². The highest BCUT2D eigenvalue weighted by Crippen LogP contribution is 2.40. The zero-order valence-electron chi connectivity index (χ0n) is 20.2. The van der Waals surface area contributed by atoms with Crippen molar-refractivity contribution < 1.29 is 17.9 Å². The summed E-state index contributed by atoms with van der Waals surface area (Å²) in [4.78, 5) is 13.4. The molecular formula is C27H29ClN2O4S. The van der Waals surface area contributed by atoms with E-state index in [0.717, 1.165) is 26.7 Å². The minimum Gasteiger partial charge on any atom is -0.487 e. The molecule has 0 saturated carbocycles. The van der Waals surface area contributed by atoms with Crippen LogP contribution in [0.3, 0.4) is 0 Å². The van der Waals surface area contributed by atoms with E-state index in [0.29, 0.717) is 17.1 Å². The molecule has 184 valence electrons. The van der Waals surface area contributed by atoms with Gasteiger partial charge in [0.2, 0.25) is 5.91 Å². The molecule has 8 heteroatoms. The summed E-state index contributed by atoms with van der Waals surface area (Å²) in [5.41, 5.74) is 2.76. The quantitative estimate of drug-likeness (QED) is 0.468. The van der Waals surface area contributed by atoms with Crippen LogP contribution in [0.25, 0.3) is 0 Å². The van der Waals surface area contributed by atoms with Crippen molar-refractivity contribution >= 4 is 33.2 Å². The van der Waals surface area contributed by atoms with Crippen molar-refractivity contribution in [1.29, 1.82) is 0 Å². The van der Waals surface area contributed by atoms with Crippen molar-refractivity contribution in [2.45, 2.75) is 50.7 Å². The van der Waals surface area contributed by atoms with Crippen LogP contribution in [0.2, 0.25) is 5.02 Å². The van der Waals surface area contributed by atoms with Crippen LogP contribution < -0.4 is 14.4 Å². The predicted octanol–water partition coefficient (Wildman–Crippen LogP) is 5.57. The second-order valence-electron chi connectivity index (χ2n) is 9.53. The number of halogens is 1. The lowest BCUT2D eigenvalue weighted by Crippen LogP contribution is -2.45. The maximum atomic E-state index is 13.6. The first-order valence-electron chi connectivity index (χ1n) is 11.4. The number of carbonyl (C=O) groups is 1. The van der Waals surface area contributed by atoms with Crippen molar-refractivity contribution in [2.24, 2.45) is 0 Å². The number of ether oxygens (including phenoxy) is 1. The number of amides is 1. The van der Waals surface area contributed by atoms with E-state index >= 15 is 0 Å². The van der Waals surface area contributed by atoms with Crippen molar-refractivity contribution in [1.82, 2.24) is 5.32 Å². The number of nitrogens with one attached hydrogen (secondary N) is 1. The van der Waals surface area contributed by atoms with Crippen LogP contribution in [-0.2, 0) is 14.8 Å². The van der Waals surface area contributed by atoms with Gasteiger partial charge in [-0.3, -0.25) is 9.10 Å². The molecule has 3 aromatic carbocycles. The molecule has 35 heavy (non-hydrogen) atoms. The molecule has 0 aliphatic carbocycles. The minimum atomic E-state index is -4.02. The smallest absolute Gasteiger partial charge is 0.264 e. The molecule has 0 bridgehead atoms. The number of benzene rings is 3. The second kappa shape index (κ2) is 9.55. The Bertz CT molecular complexity index is 1350. The number of anilines is 1. The van der Waals surface area contributed by atoms with Gasteiger partial charge < -0.3 is 10.1 Å². The van der Waals surface area contributed by atoms with Crippen LogP contribution in [0.4, 0.5) is 5.69 Å². The molecule has 0 aromatic heterocycles. The monoisotopic (exact) mass is 512 g/mol. The Morgan fingerprint density at radius 3 is 2.43 bits per heavy atom. The molecule has 1 unspecified atom stereocenters. The van der Waals surface area contributed by atoms with Crippen molar-refractivity contribution in [3.05, 3.63) is 88.4 Å². The molecule has 1 N–H and O–H groups in total. The van der Waals surface area contributed by atoms with Crippen LogP contribution in [0.1, 0.15) is 43.0 Å². The summed E-state index contributed by atoms with van der Waals surface area (Å²) in [5, 5.41) is 3.49. The van der Waals surface area contributed by atoms with Gasteiger partial charge in [-0.1, -0.05) is 41.4 Å². The van der Waals surface area contributed by atoms with E-state index < -0.39 is 21.5 Å². The summed E-state index contributed by atoms with van der Waals surface area (Å²) in [7, 11) is -4.02. The van der Waals surface area contributed by atoms with Gasteiger partial charge in [0.1, 0.15) is 17.9 Å². The standard InChI is InChI=1S/C27H29ClN2O4S/c1-18-6-5-7-21(14-18)30(35(32,33)22-11-9-20(28)10-12-22)17-26(31)29-24-16-27(3,4)34-25-13-8-19(2)15-23(24)25/h5-15,24H,16-17H2,1-4H3,(H,29,31). The van der Waals surface area contributed by atoms with E-state index in [9.17, 15) is 13.2 Å². The van der Waals surface area contributed by atoms with E-state index in [1.807, 2.05) is 52.0 Å². The molecular weight excluding hydrogens is 484 g/mol. The first kappa shape index (κ1) is 25.1. The average molecular weight is 513 g/mol. The van der Waals surface area contributed by atoms with Gasteiger partial charge in [-0.05, 0) is 75.7 Å². The topological polar surface area (TPSA) is 75.7 Å². The number of carbonyl (C=O) groups excluding carboxylic acids is 1. The van der Waals surface area contributed by atoms with E-state index in [2.05, 4.69) is 5.32 Å². The maximum Gasteiger partial charge on any atom is 0.264 e. The molecule has 6 nitrogen and oxygen atoms in total. The van der Waals surface area contributed by atoms with Gasteiger partial charge in [0.15, 0.2) is 0 Å². The molecule has 1 aliphatic rings. The van der Waals surface area contributed by atoms with Crippen LogP contribution >= 0.6 is 11.6 Å². The third-order valence-electron chi connectivity index (χ3n) is 5.94. The van der Waals surface area contributed by atoms with Gasteiger partial charge in [0.25, 0.3) is 10.0 Å². The van der Waals surface area contributed by atoms with Crippen LogP contribution in [0.5, 0.6) is 5.75 Å². The highest BCUT2D eigenvalue weighted by Gasteiger charge is 2.35. The SMILES string of the molecule is Cc1cccc(N(CC(=O)NC2CC(C)(C)Oc3ccc(C)cc32)S(=O)(=O)c2ccc(Cl)cc2)c1.